The van der Waals surface area contributed by atoms with Gasteiger partial charge in [0, 0.05) is 31.0 Å². The number of carbonyl (C=O) groups excluding carboxylic acids is 1. The first-order valence-corrected chi connectivity index (χ1v) is 9.24. The molecule has 0 radical (unpaired) electrons. The van der Waals surface area contributed by atoms with Gasteiger partial charge in [0.2, 0.25) is 5.91 Å². The Hall–Kier alpha value is -1.49. The molecule has 1 aliphatic heterocycles. The molecule has 1 fully saturated rings. The van der Waals surface area contributed by atoms with E-state index < -0.39 is 0 Å². The van der Waals surface area contributed by atoms with Crippen molar-refractivity contribution in [2.45, 2.75) is 32.7 Å². The standard InChI is InChI=1S/C17H23N3OS/c1-3-14(17(21)19-9-11-22-12-10-19)20-15-8-6-5-7-13(15)18-16(20)4-2/h5-8,14H,3-4,9-12H2,1-2H3/t14-/m1/s1. The fourth-order valence-electron chi connectivity index (χ4n) is 3.15. The largest absolute Gasteiger partial charge is 0.339 e. The third-order valence-corrected chi connectivity index (χ3v) is 5.23. The highest BCUT2D eigenvalue weighted by atomic mass is 32.2. The van der Waals surface area contributed by atoms with E-state index in [-0.39, 0.29) is 11.9 Å². The first kappa shape index (κ1) is 15.4. The molecule has 3 rings (SSSR count). The van der Waals surface area contributed by atoms with Gasteiger partial charge in [-0.3, -0.25) is 4.79 Å². The highest BCUT2D eigenvalue weighted by molar-refractivity contribution is 7.99. The Morgan fingerprint density at radius 1 is 1.27 bits per heavy atom. The van der Waals surface area contributed by atoms with Gasteiger partial charge >= 0.3 is 0 Å². The zero-order chi connectivity index (χ0) is 15.5. The summed E-state index contributed by atoms with van der Waals surface area (Å²) in [6, 6.07) is 7.99. The lowest BCUT2D eigenvalue weighted by molar-refractivity contribution is -0.134. The highest BCUT2D eigenvalue weighted by Crippen LogP contribution is 2.26. The van der Waals surface area contributed by atoms with Crippen LogP contribution in [-0.4, -0.2) is 45.0 Å². The monoisotopic (exact) mass is 317 g/mol. The zero-order valence-electron chi connectivity index (χ0n) is 13.3. The number of para-hydroxylation sites is 2. The fraction of sp³-hybridized carbons (Fsp3) is 0.529. The van der Waals surface area contributed by atoms with Crippen LogP contribution >= 0.6 is 11.8 Å². The number of hydrogen-bond acceptors (Lipinski definition) is 3. The maximum atomic E-state index is 13.0. The Morgan fingerprint density at radius 3 is 2.68 bits per heavy atom. The van der Waals surface area contributed by atoms with Crippen LogP contribution < -0.4 is 0 Å². The molecule has 0 bridgehead atoms. The number of rotatable bonds is 4. The van der Waals surface area contributed by atoms with Crippen LogP contribution in [-0.2, 0) is 11.2 Å². The normalized spacial score (nSPS) is 16.9. The Labute approximate surface area is 135 Å². The second-order valence-electron chi connectivity index (χ2n) is 5.60. The minimum atomic E-state index is -0.134. The van der Waals surface area contributed by atoms with Gasteiger partial charge in [0.15, 0.2) is 0 Å². The molecule has 5 heteroatoms. The maximum absolute atomic E-state index is 13.0. The third kappa shape index (κ3) is 2.74. The Balaban J connectivity index is 2.00. The van der Waals surface area contributed by atoms with Crippen molar-refractivity contribution in [2.24, 2.45) is 0 Å². The molecule has 2 aromatic rings. The highest BCUT2D eigenvalue weighted by Gasteiger charge is 2.28. The van der Waals surface area contributed by atoms with Crippen LogP contribution in [0.1, 0.15) is 32.1 Å². The van der Waals surface area contributed by atoms with Gasteiger partial charge < -0.3 is 9.47 Å². The number of aryl methyl sites for hydroxylation is 1. The molecule has 1 aromatic heterocycles. The topological polar surface area (TPSA) is 38.1 Å². The Bertz CT molecular complexity index is 661. The van der Waals surface area contributed by atoms with E-state index in [0.29, 0.717) is 0 Å². The van der Waals surface area contributed by atoms with Crippen molar-refractivity contribution in [1.29, 1.82) is 0 Å². The van der Waals surface area contributed by atoms with Crippen molar-refractivity contribution in [2.75, 3.05) is 24.6 Å². The number of fused-ring (bicyclic) bond motifs is 1. The molecule has 1 aliphatic rings. The molecule has 1 amide bonds. The first-order chi connectivity index (χ1) is 10.8. The molecule has 0 aliphatic carbocycles. The smallest absolute Gasteiger partial charge is 0.245 e. The zero-order valence-corrected chi connectivity index (χ0v) is 14.1. The van der Waals surface area contributed by atoms with Gasteiger partial charge in [-0.05, 0) is 18.6 Å². The van der Waals surface area contributed by atoms with Crippen LogP contribution in [0.15, 0.2) is 24.3 Å². The number of aromatic nitrogens is 2. The van der Waals surface area contributed by atoms with Crippen molar-refractivity contribution >= 4 is 28.7 Å². The molecule has 4 nitrogen and oxygen atoms in total. The summed E-state index contributed by atoms with van der Waals surface area (Å²) in [5.74, 6) is 3.36. The van der Waals surface area contributed by atoms with Crippen molar-refractivity contribution in [3.8, 4) is 0 Å². The van der Waals surface area contributed by atoms with Crippen molar-refractivity contribution in [3.05, 3.63) is 30.1 Å². The van der Waals surface area contributed by atoms with Gasteiger partial charge in [-0.1, -0.05) is 26.0 Å². The van der Waals surface area contributed by atoms with E-state index >= 15 is 0 Å². The van der Waals surface area contributed by atoms with Crippen molar-refractivity contribution in [1.82, 2.24) is 14.5 Å². The number of benzene rings is 1. The summed E-state index contributed by atoms with van der Waals surface area (Å²) in [7, 11) is 0. The number of hydrogen-bond donors (Lipinski definition) is 0. The van der Waals surface area contributed by atoms with E-state index in [2.05, 4.69) is 24.5 Å². The van der Waals surface area contributed by atoms with E-state index in [9.17, 15) is 4.79 Å². The fourth-order valence-corrected chi connectivity index (χ4v) is 4.06. The minimum Gasteiger partial charge on any atom is -0.339 e. The van der Waals surface area contributed by atoms with Gasteiger partial charge in [-0.25, -0.2) is 4.98 Å². The van der Waals surface area contributed by atoms with E-state index in [1.807, 2.05) is 34.9 Å². The molecular weight excluding hydrogens is 294 g/mol. The summed E-state index contributed by atoms with van der Waals surface area (Å²) in [4.78, 5) is 19.7. The second kappa shape index (κ2) is 6.73. The average molecular weight is 317 g/mol. The lowest BCUT2D eigenvalue weighted by atomic mass is 10.1. The second-order valence-corrected chi connectivity index (χ2v) is 6.83. The van der Waals surface area contributed by atoms with Gasteiger partial charge in [-0.2, -0.15) is 11.8 Å². The molecule has 2 heterocycles. The van der Waals surface area contributed by atoms with E-state index in [4.69, 9.17) is 4.98 Å². The number of nitrogens with zero attached hydrogens (tertiary/aromatic N) is 3. The molecule has 1 aromatic carbocycles. The molecular formula is C17H23N3OS. The number of carbonyl (C=O) groups is 1. The molecule has 22 heavy (non-hydrogen) atoms. The van der Waals surface area contributed by atoms with Crippen LogP contribution in [0.3, 0.4) is 0 Å². The SMILES string of the molecule is CCc1nc2ccccc2n1[C@H](CC)C(=O)N1CCSCC1. The van der Waals surface area contributed by atoms with Gasteiger partial charge in [0.1, 0.15) is 11.9 Å². The van der Waals surface area contributed by atoms with E-state index in [0.717, 1.165) is 54.3 Å². The van der Waals surface area contributed by atoms with Crippen LogP contribution in [0.2, 0.25) is 0 Å². The Morgan fingerprint density at radius 2 is 2.00 bits per heavy atom. The maximum Gasteiger partial charge on any atom is 0.245 e. The predicted molar refractivity (Wildman–Crippen MR) is 92.3 cm³/mol. The molecule has 118 valence electrons. The molecule has 0 spiro atoms. The van der Waals surface area contributed by atoms with Gasteiger partial charge in [-0.15, -0.1) is 0 Å². The molecule has 0 saturated carbocycles. The minimum absolute atomic E-state index is 0.134. The van der Waals surface area contributed by atoms with Crippen molar-refractivity contribution < 1.29 is 4.79 Å². The number of imidazole rings is 1. The quantitative estimate of drug-likeness (QED) is 0.869. The molecule has 0 unspecified atom stereocenters. The van der Waals surface area contributed by atoms with E-state index in [1.165, 1.54) is 0 Å². The summed E-state index contributed by atoms with van der Waals surface area (Å²) >= 11 is 1.93. The molecule has 0 N–H and O–H groups in total. The lowest BCUT2D eigenvalue weighted by Crippen LogP contribution is -2.42. The summed E-state index contributed by atoms with van der Waals surface area (Å²) < 4.78 is 2.17. The van der Waals surface area contributed by atoms with Crippen LogP contribution in [0, 0.1) is 0 Å². The average Bonchev–Trinajstić information content (AvgIpc) is 2.95. The lowest BCUT2D eigenvalue weighted by Gasteiger charge is -2.31. The molecule has 1 atom stereocenters. The summed E-state index contributed by atoms with van der Waals surface area (Å²) in [6.45, 7) is 5.93. The number of thioether (sulfide) groups is 1. The van der Waals surface area contributed by atoms with E-state index in [1.54, 1.807) is 0 Å². The van der Waals surface area contributed by atoms with Crippen molar-refractivity contribution in [3.63, 3.8) is 0 Å². The molecule has 1 saturated heterocycles. The first-order valence-electron chi connectivity index (χ1n) is 8.08. The van der Waals surface area contributed by atoms with Gasteiger partial charge in [0.05, 0.1) is 11.0 Å². The predicted octanol–water partition coefficient (Wildman–Crippen LogP) is 3.13. The Kier molecular flexibility index (Phi) is 4.71. The van der Waals surface area contributed by atoms with Crippen LogP contribution in [0.4, 0.5) is 0 Å². The van der Waals surface area contributed by atoms with Crippen LogP contribution in [0.25, 0.3) is 11.0 Å². The summed E-state index contributed by atoms with van der Waals surface area (Å²) in [5, 5.41) is 0. The van der Waals surface area contributed by atoms with Crippen LogP contribution in [0.5, 0.6) is 0 Å². The third-order valence-electron chi connectivity index (χ3n) is 4.29. The summed E-state index contributed by atoms with van der Waals surface area (Å²) in [6.07, 6.45) is 1.64. The van der Waals surface area contributed by atoms with Gasteiger partial charge in [0.25, 0.3) is 0 Å². The summed E-state index contributed by atoms with van der Waals surface area (Å²) in [5.41, 5.74) is 2.06. The number of amides is 1.